The van der Waals surface area contributed by atoms with Crippen molar-refractivity contribution in [2.45, 2.75) is 25.1 Å². The fourth-order valence-electron chi connectivity index (χ4n) is 2.99. The maximum absolute atomic E-state index is 13.8. The van der Waals surface area contributed by atoms with Crippen molar-refractivity contribution in [1.29, 1.82) is 0 Å². The number of hydrogen-bond acceptors (Lipinski definition) is 5. The van der Waals surface area contributed by atoms with E-state index in [9.17, 15) is 26.3 Å². The quantitative estimate of drug-likeness (QED) is 0.409. The Morgan fingerprint density at radius 1 is 0.828 bits per heavy atom. The monoisotopic (exact) mass is 415 g/mol. The van der Waals surface area contributed by atoms with Crippen molar-refractivity contribution in [2.24, 2.45) is 5.73 Å². The number of alkyl halides is 3. The Balaban J connectivity index is 1.63. The van der Waals surface area contributed by atoms with Gasteiger partial charge in [-0.2, -0.15) is 13.2 Å². The second-order valence-corrected chi connectivity index (χ2v) is 6.35. The van der Waals surface area contributed by atoms with E-state index in [0.29, 0.717) is 6.07 Å². The molecule has 4 aromatic rings. The molecule has 4 rings (SSSR count). The third kappa shape index (κ3) is 3.37. The van der Waals surface area contributed by atoms with Crippen molar-refractivity contribution >= 4 is 11.3 Å². The van der Waals surface area contributed by atoms with Crippen LogP contribution in [0.1, 0.15) is 17.2 Å². The van der Waals surface area contributed by atoms with E-state index in [1.165, 1.54) is 10.6 Å². The second-order valence-electron chi connectivity index (χ2n) is 6.35. The standard InChI is InChI=1S/C16H11F6N7/c17-9-6-11(19)10(18)4-7(9)3-8(23)5-12-24-25-13-14-26-27-15(16(20,21)22)29(14)2-1-28(12)13/h1-2,4,6,8H,3,5,23H2. The number of aromatic nitrogens is 6. The van der Waals surface area contributed by atoms with E-state index in [0.717, 1.165) is 16.7 Å². The van der Waals surface area contributed by atoms with E-state index < -0.39 is 35.5 Å². The van der Waals surface area contributed by atoms with Gasteiger partial charge >= 0.3 is 6.18 Å². The molecule has 0 aliphatic rings. The van der Waals surface area contributed by atoms with Gasteiger partial charge in [0.15, 0.2) is 11.6 Å². The van der Waals surface area contributed by atoms with Crippen molar-refractivity contribution < 1.29 is 26.3 Å². The summed E-state index contributed by atoms with van der Waals surface area (Å²) in [5.41, 5.74) is 5.73. The van der Waals surface area contributed by atoms with E-state index in [2.05, 4.69) is 20.4 Å². The van der Waals surface area contributed by atoms with Gasteiger partial charge in [-0.25, -0.2) is 13.2 Å². The molecular weight excluding hydrogens is 404 g/mol. The summed E-state index contributed by atoms with van der Waals surface area (Å²) in [7, 11) is 0. The van der Waals surface area contributed by atoms with Crippen molar-refractivity contribution in [2.75, 3.05) is 0 Å². The third-order valence-electron chi connectivity index (χ3n) is 4.30. The molecule has 152 valence electrons. The van der Waals surface area contributed by atoms with Crippen LogP contribution < -0.4 is 5.73 Å². The van der Waals surface area contributed by atoms with Crippen molar-refractivity contribution in [1.82, 2.24) is 29.2 Å². The third-order valence-corrected chi connectivity index (χ3v) is 4.30. The highest BCUT2D eigenvalue weighted by Crippen LogP contribution is 2.28. The highest BCUT2D eigenvalue weighted by Gasteiger charge is 2.37. The molecule has 0 bridgehead atoms. The van der Waals surface area contributed by atoms with E-state index in [1.54, 1.807) is 0 Å². The van der Waals surface area contributed by atoms with Crippen LogP contribution in [0.3, 0.4) is 0 Å². The molecule has 2 N–H and O–H groups in total. The highest BCUT2D eigenvalue weighted by molar-refractivity contribution is 5.65. The van der Waals surface area contributed by atoms with Crippen LogP contribution in [0.4, 0.5) is 26.3 Å². The van der Waals surface area contributed by atoms with Gasteiger partial charge in [-0.05, 0) is 18.1 Å². The topological polar surface area (TPSA) is 86.4 Å². The maximum Gasteiger partial charge on any atom is 0.452 e. The zero-order chi connectivity index (χ0) is 20.9. The number of fused-ring (bicyclic) bond motifs is 3. The van der Waals surface area contributed by atoms with Gasteiger partial charge in [0.2, 0.25) is 17.1 Å². The minimum absolute atomic E-state index is 0.0247. The lowest BCUT2D eigenvalue weighted by Gasteiger charge is -2.12. The summed E-state index contributed by atoms with van der Waals surface area (Å²) in [6.45, 7) is 0. The normalized spacial score (nSPS) is 13.5. The Bertz CT molecular complexity index is 1210. The van der Waals surface area contributed by atoms with Gasteiger partial charge in [0.1, 0.15) is 11.6 Å². The lowest BCUT2D eigenvalue weighted by Crippen LogP contribution is -2.27. The van der Waals surface area contributed by atoms with Gasteiger partial charge in [0, 0.05) is 30.9 Å². The lowest BCUT2D eigenvalue weighted by molar-refractivity contribution is -0.145. The predicted octanol–water partition coefficient (Wildman–Crippen LogP) is 2.32. The number of rotatable bonds is 4. The molecule has 0 saturated carbocycles. The molecule has 1 atom stereocenters. The first kappa shape index (κ1) is 19.1. The first-order valence-corrected chi connectivity index (χ1v) is 8.18. The van der Waals surface area contributed by atoms with Crippen LogP contribution in [-0.2, 0) is 19.0 Å². The van der Waals surface area contributed by atoms with Gasteiger partial charge in [-0.3, -0.25) is 8.80 Å². The minimum atomic E-state index is -4.70. The first-order chi connectivity index (χ1) is 13.6. The van der Waals surface area contributed by atoms with Crippen LogP contribution in [0, 0.1) is 17.5 Å². The molecule has 0 aliphatic heterocycles. The van der Waals surface area contributed by atoms with Crippen LogP contribution in [0.15, 0.2) is 24.5 Å². The van der Waals surface area contributed by atoms with Crippen LogP contribution in [0.25, 0.3) is 11.3 Å². The summed E-state index contributed by atoms with van der Waals surface area (Å²) in [6, 6.07) is 0.413. The van der Waals surface area contributed by atoms with E-state index in [4.69, 9.17) is 5.73 Å². The minimum Gasteiger partial charge on any atom is -0.327 e. The van der Waals surface area contributed by atoms with Crippen molar-refractivity contribution in [3.63, 3.8) is 0 Å². The summed E-state index contributed by atoms with van der Waals surface area (Å²) in [6.07, 6.45) is -2.38. The fraction of sp³-hybridized carbons (Fsp3) is 0.250. The Labute approximate surface area is 157 Å². The van der Waals surface area contributed by atoms with Crippen LogP contribution in [0.5, 0.6) is 0 Å². The molecule has 0 fully saturated rings. The number of nitrogens with two attached hydrogens (primary N) is 1. The average Bonchev–Trinajstić information content (AvgIpc) is 3.23. The van der Waals surface area contributed by atoms with Gasteiger partial charge in [0.25, 0.3) is 0 Å². The van der Waals surface area contributed by atoms with Gasteiger partial charge in [0.05, 0.1) is 0 Å². The molecule has 7 nitrogen and oxygen atoms in total. The highest BCUT2D eigenvalue weighted by atomic mass is 19.4. The largest absolute Gasteiger partial charge is 0.452 e. The van der Waals surface area contributed by atoms with E-state index in [1.807, 2.05) is 0 Å². The Kier molecular flexibility index (Phi) is 4.41. The summed E-state index contributed by atoms with van der Waals surface area (Å²) >= 11 is 0. The summed E-state index contributed by atoms with van der Waals surface area (Å²) < 4.78 is 81.1. The molecule has 3 aromatic heterocycles. The summed E-state index contributed by atoms with van der Waals surface area (Å²) in [5, 5.41) is 14.4. The number of benzene rings is 1. The smallest absolute Gasteiger partial charge is 0.327 e. The molecule has 13 heteroatoms. The summed E-state index contributed by atoms with van der Waals surface area (Å²) in [4.78, 5) is 0. The second kappa shape index (κ2) is 6.69. The molecule has 0 spiro atoms. The molecule has 0 amide bonds. The lowest BCUT2D eigenvalue weighted by atomic mass is 10.0. The molecule has 1 unspecified atom stereocenters. The van der Waals surface area contributed by atoms with Gasteiger partial charge < -0.3 is 5.73 Å². The van der Waals surface area contributed by atoms with E-state index >= 15 is 0 Å². The van der Waals surface area contributed by atoms with Crippen molar-refractivity contribution in [3.05, 3.63) is 59.2 Å². The SMILES string of the molecule is NC(Cc1cc(F)c(F)cc1F)Cc1nnc2c3nnc(C(F)(F)F)n3ccn12. The molecule has 29 heavy (non-hydrogen) atoms. The predicted molar refractivity (Wildman–Crippen MR) is 86.2 cm³/mol. The fourth-order valence-corrected chi connectivity index (χ4v) is 2.99. The number of nitrogens with zero attached hydrogens (tertiary/aromatic N) is 6. The van der Waals surface area contributed by atoms with Crippen LogP contribution in [0.2, 0.25) is 0 Å². The maximum atomic E-state index is 13.8. The van der Waals surface area contributed by atoms with E-state index in [-0.39, 0.29) is 35.5 Å². The zero-order valence-corrected chi connectivity index (χ0v) is 14.3. The summed E-state index contributed by atoms with van der Waals surface area (Å²) in [5.74, 6) is -4.37. The van der Waals surface area contributed by atoms with Crippen LogP contribution in [-0.4, -0.2) is 35.2 Å². The molecule has 0 saturated heterocycles. The Hall–Kier alpha value is -3.22. The molecule has 1 aromatic carbocycles. The molecule has 0 aliphatic carbocycles. The van der Waals surface area contributed by atoms with Crippen LogP contribution >= 0.6 is 0 Å². The molecular formula is C16H11F6N7. The van der Waals surface area contributed by atoms with Gasteiger partial charge in [-0.1, -0.05) is 0 Å². The molecule has 3 heterocycles. The van der Waals surface area contributed by atoms with Crippen molar-refractivity contribution in [3.8, 4) is 0 Å². The zero-order valence-electron chi connectivity index (χ0n) is 14.3. The average molecular weight is 415 g/mol. The Morgan fingerprint density at radius 2 is 1.45 bits per heavy atom. The number of hydrogen-bond donors (Lipinski definition) is 1. The molecule has 0 radical (unpaired) electrons. The number of halogens is 6. The first-order valence-electron chi connectivity index (χ1n) is 8.18. The Morgan fingerprint density at radius 3 is 2.17 bits per heavy atom. The van der Waals surface area contributed by atoms with Gasteiger partial charge in [-0.15, -0.1) is 20.4 Å².